The van der Waals surface area contributed by atoms with Crippen LogP contribution in [0.1, 0.15) is 31.4 Å². The molecule has 0 spiro atoms. The Kier molecular flexibility index (Phi) is 3.87. The second-order valence-electron chi connectivity index (χ2n) is 4.31. The molecule has 4 nitrogen and oxygen atoms in total. The van der Waals surface area contributed by atoms with E-state index < -0.39 is 16.1 Å². The molecule has 0 aromatic heterocycles. The summed E-state index contributed by atoms with van der Waals surface area (Å²) < 4.78 is 44.7. The molecule has 0 radical (unpaired) electrons. The van der Waals surface area contributed by atoms with Gasteiger partial charge in [0.15, 0.2) is 0 Å². The third kappa shape index (κ3) is 3.00. The number of hydrogen-bond donors (Lipinski definition) is 1. The Morgan fingerprint density at radius 2 is 2.28 bits per heavy atom. The summed E-state index contributed by atoms with van der Waals surface area (Å²) in [6.45, 7) is 2.23. The molecule has 0 aliphatic carbocycles. The molecule has 1 unspecified atom stereocenters. The molecule has 0 saturated carbocycles. The van der Waals surface area contributed by atoms with E-state index in [4.69, 9.17) is 4.74 Å². The number of ether oxygens (including phenoxy) is 1. The van der Waals surface area contributed by atoms with E-state index in [0.717, 1.165) is 0 Å². The highest BCUT2D eigenvalue weighted by Crippen LogP contribution is 2.32. The fourth-order valence-electron chi connectivity index (χ4n) is 2.03. The van der Waals surface area contributed by atoms with Gasteiger partial charge in [-0.2, -0.15) is 0 Å². The lowest BCUT2D eigenvalue weighted by molar-refractivity contribution is 0.262. The number of sulfonamides is 1. The van der Waals surface area contributed by atoms with Crippen LogP contribution in [0.5, 0.6) is 5.75 Å². The van der Waals surface area contributed by atoms with Gasteiger partial charge in [-0.15, -0.1) is 0 Å². The van der Waals surface area contributed by atoms with Crippen molar-refractivity contribution in [2.45, 2.75) is 25.8 Å². The second kappa shape index (κ2) is 5.24. The fourth-order valence-corrected chi connectivity index (χ4v) is 3.37. The molecule has 0 bridgehead atoms. The van der Waals surface area contributed by atoms with Crippen LogP contribution in [0.15, 0.2) is 18.2 Å². The summed E-state index contributed by atoms with van der Waals surface area (Å²) in [6.07, 6.45) is 1.06. The maximum absolute atomic E-state index is 13.2. The van der Waals surface area contributed by atoms with Gasteiger partial charge >= 0.3 is 0 Å². The first kappa shape index (κ1) is 13.3. The molecule has 2 rings (SSSR count). The zero-order valence-electron chi connectivity index (χ0n) is 10.1. The fraction of sp³-hybridized carbons (Fsp3) is 0.500. The molecule has 1 aliphatic heterocycles. The molecule has 0 amide bonds. The largest absolute Gasteiger partial charge is 0.493 e. The lowest BCUT2D eigenvalue weighted by Crippen LogP contribution is -2.33. The molecule has 100 valence electrons. The Morgan fingerprint density at radius 3 is 3.00 bits per heavy atom. The van der Waals surface area contributed by atoms with Crippen LogP contribution in [0.4, 0.5) is 4.39 Å². The van der Waals surface area contributed by atoms with Gasteiger partial charge in [-0.05, 0) is 24.6 Å². The Balaban J connectivity index is 2.25. The molecule has 18 heavy (non-hydrogen) atoms. The van der Waals surface area contributed by atoms with Crippen molar-refractivity contribution in [2.75, 3.05) is 12.4 Å². The van der Waals surface area contributed by atoms with Crippen molar-refractivity contribution >= 4 is 10.0 Å². The summed E-state index contributed by atoms with van der Waals surface area (Å²) >= 11 is 0. The van der Waals surface area contributed by atoms with Crippen LogP contribution in [0, 0.1) is 5.82 Å². The Labute approximate surface area is 106 Å². The number of nitrogens with one attached hydrogen (secondary N) is 1. The first-order chi connectivity index (χ1) is 8.52. The molecule has 1 aromatic rings. The first-order valence-electron chi connectivity index (χ1n) is 5.94. The van der Waals surface area contributed by atoms with E-state index in [0.29, 0.717) is 30.8 Å². The van der Waals surface area contributed by atoms with Gasteiger partial charge in [0.25, 0.3) is 0 Å². The summed E-state index contributed by atoms with van der Waals surface area (Å²) in [4.78, 5) is 0. The number of halogens is 1. The molecule has 0 saturated heterocycles. The molecular weight excluding hydrogens is 257 g/mol. The molecule has 1 heterocycles. The van der Waals surface area contributed by atoms with E-state index >= 15 is 0 Å². The Morgan fingerprint density at radius 1 is 1.50 bits per heavy atom. The van der Waals surface area contributed by atoms with Crippen LogP contribution >= 0.6 is 0 Å². The first-order valence-corrected chi connectivity index (χ1v) is 7.59. The van der Waals surface area contributed by atoms with Crippen LogP contribution in [-0.2, 0) is 10.0 Å². The summed E-state index contributed by atoms with van der Waals surface area (Å²) in [6, 6.07) is 3.77. The average Bonchev–Trinajstić information content (AvgIpc) is 2.29. The van der Waals surface area contributed by atoms with Gasteiger partial charge in [-0.1, -0.05) is 6.92 Å². The predicted molar refractivity (Wildman–Crippen MR) is 66.5 cm³/mol. The van der Waals surface area contributed by atoms with Crippen molar-refractivity contribution in [2.24, 2.45) is 0 Å². The molecule has 6 heteroatoms. The van der Waals surface area contributed by atoms with Crippen LogP contribution in [-0.4, -0.2) is 20.8 Å². The highest BCUT2D eigenvalue weighted by Gasteiger charge is 2.25. The van der Waals surface area contributed by atoms with Crippen LogP contribution in [0.3, 0.4) is 0 Å². The minimum atomic E-state index is -3.31. The monoisotopic (exact) mass is 273 g/mol. The maximum Gasteiger partial charge on any atom is 0.212 e. The molecule has 1 atom stereocenters. The Hall–Kier alpha value is -1.14. The topological polar surface area (TPSA) is 55.4 Å². The van der Waals surface area contributed by atoms with Crippen molar-refractivity contribution < 1.29 is 17.5 Å². The minimum absolute atomic E-state index is 0.0784. The number of rotatable bonds is 4. The van der Waals surface area contributed by atoms with Crippen molar-refractivity contribution in [3.63, 3.8) is 0 Å². The van der Waals surface area contributed by atoms with E-state index in [1.165, 1.54) is 18.2 Å². The highest BCUT2D eigenvalue weighted by atomic mass is 32.2. The van der Waals surface area contributed by atoms with Gasteiger partial charge < -0.3 is 4.74 Å². The van der Waals surface area contributed by atoms with Gasteiger partial charge in [-0.3, -0.25) is 0 Å². The minimum Gasteiger partial charge on any atom is -0.493 e. The van der Waals surface area contributed by atoms with E-state index in [2.05, 4.69) is 4.72 Å². The van der Waals surface area contributed by atoms with Crippen LogP contribution in [0.25, 0.3) is 0 Å². The third-order valence-corrected chi connectivity index (χ3v) is 4.40. The summed E-state index contributed by atoms with van der Waals surface area (Å²) in [5, 5.41) is 0. The second-order valence-corrected chi connectivity index (χ2v) is 6.18. The normalized spacial score (nSPS) is 19.1. The summed E-state index contributed by atoms with van der Waals surface area (Å²) in [5.41, 5.74) is 0.570. The van der Waals surface area contributed by atoms with Gasteiger partial charge in [0.05, 0.1) is 18.4 Å². The zero-order valence-corrected chi connectivity index (χ0v) is 11.0. The smallest absolute Gasteiger partial charge is 0.212 e. The standard InChI is InChI=1S/C12H16FNO3S/c1-2-7-18(15,16)14-11-5-6-17-12-4-3-9(13)8-10(11)12/h3-4,8,11,14H,2,5-7H2,1H3. The van der Waals surface area contributed by atoms with E-state index in [1.54, 1.807) is 6.92 Å². The van der Waals surface area contributed by atoms with E-state index in [-0.39, 0.29) is 11.6 Å². The third-order valence-electron chi connectivity index (χ3n) is 2.81. The van der Waals surface area contributed by atoms with Gasteiger partial charge in [0.2, 0.25) is 10.0 Å². The highest BCUT2D eigenvalue weighted by molar-refractivity contribution is 7.89. The molecule has 0 fully saturated rings. The quantitative estimate of drug-likeness (QED) is 0.912. The molecule has 1 aliphatic rings. The van der Waals surface area contributed by atoms with Gasteiger partial charge in [0, 0.05) is 12.0 Å². The molecule has 1 N–H and O–H groups in total. The van der Waals surface area contributed by atoms with Crippen LogP contribution < -0.4 is 9.46 Å². The summed E-state index contributed by atoms with van der Waals surface area (Å²) in [5.74, 6) is 0.237. The lowest BCUT2D eigenvalue weighted by Gasteiger charge is -2.26. The van der Waals surface area contributed by atoms with Gasteiger partial charge in [0.1, 0.15) is 11.6 Å². The van der Waals surface area contributed by atoms with E-state index in [9.17, 15) is 12.8 Å². The van der Waals surface area contributed by atoms with Crippen molar-refractivity contribution in [1.82, 2.24) is 4.72 Å². The predicted octanol–water partition coefficient (Wildman–Crippen LogP) is 1.98. The average molecular weight is 273 g/mol. The molecule has 1 aromatic carbocycles. The van der Waals surface area contributed by atoms with Crippen molar-refractivity contribution in [3.8, 4) is 5.75 Å². The Bertz CT molecular complexity index is 530. The maximum atomic E-state index is 13.2. The van der Waals surface area contributed by atoms with Crippen molar-refractivity contribution in [3.05, 3.63) is 29.6 Å². The molecular formula is C12H16FNO3S. The van der Waals surface area contributed by atoms with Crippen LogP contribution in [0.2, 0.25) is 0 Å². The van der Waals surface area contributed by atoms with Crippen molar-refractivity contribution in [1.29, 1.82) is 0 Å². The van der Waals surface area contributed by atoms with Gasteiger partial charge in [-0.25, -0.2) is 17.5 Å². The zero-order chi connectivity index (χ0) is 13.2. The SMILES string of the molecule is CCCS(=O)(=O)NC1CCOc2ccc(F)cc21. The summed E-state index contributed by atoms with van der Waals surface area (Å²) in [7, 11) is -3.31. The number of hydrogen-bond acceptors (Lipinski definition) is 3. The lowest BCUT2D eigenvalue weighted by atomic mass is 10.0. The van der Waals surface area contributed by atoms with E-state index in [1.807, 2.05) is 0 Å². The number of fused-ring (bicyclic) bond motifs is 1. The number of benzene rings is 1.